The zero-order valence-electron chi connectivity index (χ0n) is 15.4. The van der Waals surface area contributed by atoms with Crippen molar-refractivity contribution in [2.45, 2.75) is 6.18 Å². The first kappa shape index (κ1) is 20.0. The van der Waals surface area contributed by atoms with Crippen molar-refractivity contribution >= 4 is 17.1 Å². The van der Waals surface area contributed by atoms with Crippen LogP contribution in [0.1, 0.15) is 21.5 Å². The SMILES string of the molecule is O=C(c1cnc2cc(-c3ccc(C(F)(F)F)cc3)nn2c1)c1cc([N+](=O)[O-])ccc1O. The molecular formula is C20H11F3N4O4. The van der Waals surface area contributed by atoms with Crippen molar-refractivity contribution < 1.29 is 28.0 Å². The van der Waals surface area contributed by atoms with Crippen LogP contribution in [0, 0.1) is 10.1 Å². The number of halogens is 3. The van der Waals surface area contributed by atoms with E-state index in [1.165, 1.54) is 35.1 Å². The lowest BCUT2D eigenvalue weighted by Gasteiger charge is -2.06. The molecule has 0 aliphatic heterocycles. The molecule has 156 valence electrons. The van der Waals surface area contributed by atoms with E-state index < -0.39 is 28.2 Å². The molecule has 0 atom stereocenters. The number of phenolic OH excluding ortho intramolecular Hbond substituents is 1. The number of rotatable bonds is 4. The Morgan fingerprint density at radius 2 is 1.81 bits per heavy atom. The average molecular weight is 428 g/mol. The molecule has 0 amide bonds. The second-order valence-corrected chi connectivity index (χ2v) is 6.54. The maximum absolute atomic E-state index is 12.7. The van der Waals surface area contributed by atoms with E-state index in [0.717, 1.165) is 30.3 Å². The largest absolute Gasteiger partial charge is 0.507 e. The zero-order valence-corrected chi connectivity index (χ0v) is 15.4. The fraction of sp³-hybridized carbons (Fsp3) is 0.0500. The molecule has 2 heterocycles. The molecule has 0 saturated carbocycles. The molecule has 4 rings (SSSR count). The second-order valence-electron chi connectivity index (χ2n) is 6.54. The highest BCUT2D eigenvalue weighted by molar-refractivity contribution is 6.10. The molecule has 2 aromatic heterocycles. The van der Waals surface area contributed by atoms with E-state index in [0.29, 0.717) is 16.9 Å². The quantitative estimate of drug-likeness (QED) is 0.295. The fourth-order valence-electron chi connectivity index (χ4n) is 2.94. The number of benzene rings is 2. The number of hydrogen-bond acceptors (Lipinski definition) is 6. The minimum absolute atomic E-state index is 0.00497. The molecule has 0 saturated heterocycles. The van der Waals surface area contributed by atoms with Gasteiger partial charge in [-0.2, -0.15) is 18.3 Å². The number of phenols is 1. The fourth-order valence-corrected chi connectivity index (χ4v) is 2.94. The van der Waals surface area contributed by atoms with Gasteiger partial charge in [0.2, 0.25) is 0 Å². The Balaban J connectivity index is 1.69. The third kappa shape index (κ3) is 3.80. The van der Waals surface area contributed by atoms with Crippen molar-refractivity contribution in [1.82, 2.24) is 14.6 Å². The van der Waals surface area contributed by atoms with Crippen LogP contribution >= 0.6 is 0 Å². The van der Waals surface area contributed by atoms with E-state index >= 15 is 0 Å². The predicted molar refractivity (Wildman–Crippen MR) is 102 cm³/mol. The highest BCUT2D eigenvalue weighted by Crippen LogP contribution is 2.31. The van der Waals surface area contributed by atoms with E-state index in [1.807, 2.05) is 0 Å². The highest BCUT2D eigenvalue weighted by atomic mass is 19.4. The van der Waals surface area contributed by atoms with Gasteiger partial charge in [0.05, 0.1) is 27.3 Å². The van der Waals surface area contributed by atoms with E-state index in [1.54, 1.807) is 0 Å². The molecule has 1 N–H and O–H groups in total. The summed E-state index contributed by atoms with van der Waals surface area (Å²) in [5.74, 6) is -1.14. The number of nitrogens with zero attached hydrogens (tertiary/aromatic N) is 4. The Morgan fingerprint density at radius 1 is 1.10 bits per heavy atom. The second kappa shape index (κ2) is 7.20. The number of carbonyl (C=O) groups excluding carboxylic acids is 1. The maximum Gasteiger partial charge on any atom is 0.416 e. The third-order valence-corrected chi connectivity index (χ3v) is 4.52. The molecule has 2 aromatic carbocycles. The number of nitro groups is 1. The van der Waals surface area contributed by atoms with E-state index in [2.05, 4.69) is 10.1 Å². The number of carbonyl (C=O) groups is 1. The Bertz CT molecular complexity index is 1330. The highest BCUT2D eigenvalue weighted by Gasteiger charge is 2.30. The molecule has 0 unspecified atom stereocenters. The molecule has 11 heteroatoms. The Kier molecular flexibility index (Phi) is 4.65. The molecule has 31 heavy (non-hydrogen) atoms. The predicted octanol–water partition coefficient (Wildman–Crippen LogP) is 4.26. The summed E-state index contributed by atoms with van der Waals surface area (Å²) in [7, 11) is 0. The topological polar surface area (TPSA) is 111 Å². The van der Waals surface area contributed by atoms with Crippen molar-refractivity contribution in [2.24, 2.45) is 0 Å². The number of ketones is 1. The van der Waals surface area contributed by atoms with Crippen LogP contribution in [0.5, 0.6) is 5.75 Å². The zero-order chi connectivity index (χ0) is 22.3. The van der Waals surface area contributed by atoms with E-state index in [-0.39, 0.29) is 16.8 Å². The number of alkyl halides is 3. The van der Waals surface area contributed by atoms with Crippen molar-refractivity contribution in [3.05, 3.63) is 87.7 Å². The molecule has 0 spiro atoms. The first-order chi connectivity index (χ1) is 14.6. The van der Waals surface area contributed by atoms with Gasteiger partial charge in [0.25, 0.3) is 5.69 Å². The summed E-state index contributed by atoms with van der Waals surface area (Å²) in [6.45, 7) is 0. The van der Waals surface area contributed by atoms with Gasteiger partial charge in [0.1, 0.15) is 5.75 Å². The summed E-state index contributed by atoms with van der Waals surface area (Å²) in [6.07, 6.45) is -1.92. The first-order valence-electron chi connectivity index (χ1n) is 8.68. The van der Waals surface area contributed by atoms with Crippen LogP contribution in [-0.2, 0) is 6.18 Å². The van der Waals surface area contributed by atoms with E-state index in [4.69, 9.17) is 0 Å². The molecule has 8 nitrogen and oxygen atoms in total. The number of nitro benzene ring substituents is 1. The molecule has 0 aliphatic rings. The van der Waals surface area contributed by atoms with Gasteiger partial charge in [-0.25, -0.2) is 9.50 Å². The summed E-state index contributed by atoms with van der Waals surface area (Å²) in [4.78, 5) is 27.1. The lowest BCUT2D eigenvalue weighted by molar-refractivity contribution is -0.384. The van der Waals surface area contributed by atoms with Gasteiger partial charge in [-0.15, -0.1) is 0 Å². The van der Waals surface area contributed by atoms with Gasteiger partial charge in [-0.05, 0) is 18.2 Å². The molecule has 4 aromatic rings. The number of non-ortho nitro benzene ring substituents is 1. The standard InChI is InChI=1S/C20H11F3N4O4/c21-20(22,23)13-3-1-11(2-4-13)16-8-18-24-9-12(10-26(18)25-16)19(29)15-7-14(27(30)31)5-6-17(15)28/h1-10,28H. The first-order valence-corrected chi connectivity index (χ1v) is 8.68. The number of aromatic nitrogens is 3. The number of hydrogen-bond donors (Lipinski definition) is 1. The Morgan fingerprint density at radius 3 is 2.45 bits per heavy atom. The van der Waals surface area contributed by atoms with Crippen LogP contribution in [0.4, 0.5) is 18.9 Å². The van der Waals surface area contributed by atoms with Gasteiger partial charge >= 0.3 is 6.18 Å². The summed E-state index contributed by atoms with van der Waals surface area (Å²) in [5.41, 5.74) is -0.334. The summed E-state index contributed by atoms with van der Waals surface area (Å²) >= 11 is 0. The van der Waals surface area contributed by atoms with Crippen molar-refractivity contribution in [2.75, 3.05) is 0 Å². The van der Waals surface area contributed by atoms with E-state index in [9.17, 15) is 33.2 Å². The van der Waals surface area contributed by atoms with Crippen LogP contribution in [0.3, 0.4) is 0 Å². The van der Waals surface area contributed by atoms with Gasteiger partial charge in [0.15, 0.2) is 11.4 Å². The van der Waals surface area contributed by atoms with Crippen molar-refractivity contribution in [3.63, 3.8) is 0 Å². The normalized spacial score (nSPS) is 11.6. The maximum atomic E-state index is 12.7. The third-order valence-electron chi connectivity index (χ3n) is 4.52. The van der Waals surface area contributed by atoms with Gasteiger partial charge in [0, 0.05) is 36.2 Å². The van der Waals surface area contributed by atoms with Crippen LogP contribution in [-0.4, -0.2) is 30.4 Å². The average Bonchev–Trinajstić information content (AvgIpc) is 3.16. The number of fused-ring (bicyclic) bond motifs is 1. The minimum Gasteiger partial charge on any atom is -0.507 e. The van der Waals surface area contributed by atoms with Crippen LogP contribution in [0.25, 0.3) is 16.9 Å². The molecule has 0 bridgehead atoms. The van der Waals surface area contributed by atoms with Crippen molar-refractivity contribution in [3.8, 4) is 17.0 Å². The van der Waals surface area contributed by atoms with Gasteiger partial charge in [-0.3, -0.25) is 14.9 Å². The number of aromatic hydroxyl groups is 1. The summed E-state index contributed by atoms with van der Waals surface area (Å²) in [5, 5.41) is 25.1. The van der Waals surface area contributed by atoms with Crippen LogP contribution < -0.4 is 0 Å². The van der Waals surface area contributed by atoms with Gasteiger partial charge in [-0.1, -0.05) is 12.1 Å². The Hall–Kier alpha value is -4.28. The van der Waals surface area contributed by atoms with Crippen LogP contribution in [0.15, 0.2) is 60.9 Å². The molecule has 0 aliphatic carbocycles. The lowest BCUT2D eigenvalue weighted by Crippen LogP contribution is -2.05. The molecule has 0 radical (unpaired) electrons. The minimum atomic E-state index is -4.45. The monoisotopic (exact) mass is 428 g/mol. The molecular weight excluding hydrogens is 417 g/mol. The summed E-state index contributed by atoms with van der Waals surface area (Å²) in [6, 6.07) is 9.03. The summed E-state index contributed by atoms with van der Waals surface area (Å²) < 4.78 is 39.4. The smallest absolute Gasteiger partial charge is 0.416 e. The van der Waals surface area contributed by atoms with Crippen LogP contribution in [0.2, 0.25) is 0 Å². The van der Waals surface area contributed by atoms with Gasteiger partial charge < -0.3 is 5.11 Å². The Labute approximate surface area is 171 Å². The van der Waals surface area contributed by atoms with Crippen molar-refractivity contribution in [1.29, 1.82) is 0 Å². The molecule has 0 fully saturated rings. The lowest BCUT2D eigenvalue weighted by atomic mass is 10.0.